The summed E-state index contributed by atoms with van der Waals surface area (Å²) in [7, 11) is 0. The lowest BCUT2D eigenvalue weighted by atomic mass is 9.93. The van der Waals surface area contributed by atoms with Crippen molar-refractivity contribution in [1.82, 2.24) is 0 Å². The average Bonchev–Trinajstić information content (AvgIpc) is 2.38. The van der Waals surface area contributed by atoms with E-state index in [2.05, 4.69) is 69.8 Å². The largest absolute Gasteiger partial charge is 0.378 e. The topological polar surface area (TPSA) is 12.0 Å². The van der Waals surface area contributed by atoms with Gasteiger partial charge in [0, 0.05) is 10.2 Å². The molecule has 1 N–H and O–H groups in total. The first-order chi connectivity index (χ1) is 8.33. The lowest BCUT2D eigenvalue weighted by molar-refractivity contribution is 0.667. The molecule has 0 amide bonds. The van der Waals surface area contributed by atoms with Crippen LogP contribution in [0.1, 0.15) is 23.6 Å². The van der Waals surface area contributed by atoms with Crippen LogP contribution in [0.2, 0.25) is 0 Å². The molecule has 17 heavy (non-hydrogen) atoms. The molecule has 1 nitrogen and oxygen atoms in total. The Bertz CT molecular complexity index is 536. The van der Waals surface area contributed by atoms with Crippen LogP contribution in [0, 0.1) is 0 Å². The normalized spacial score (nSPS) is 18.3. The Labute approximate surface area is 110 Å². The molecule has 1 atom stereocenters. The van der Waals surface area contributed by atoms with Gasteiger partial charge in [0.2, 0.25) is 0 Å². The van der Waals surface area contributed by atoms with E-state index in [9.17, 15) is 0 Å². The van der Waals surface area contributed by atoms with Gasteiger partial charge in [0.25, 0.3) is 0 Å². The summed E-state index contributed by atoms with van der Waals surface area (Å²) in [5, 5.41) is 3.62. The van der Waals surface area contributed by atoms with Gasteiger partial charge in [-0.15, -0.1) is 0 Å². The van der Waals surface area contributed by atoms with Crippen LogP contribution < -0.4 is 5.32 Å². The monoisotopic (exact) mass is 287 g/mol. The first-order valence-corrected chi connectivity index (χ1v) is 6.72. The molecule has 0 bridgehead atoms. The lowest BCUT2D eigenvalue weighted by Gasteiger charge is -2.27. The minimum absolute atomic E-state index is 0.433. The van der Waals surface area contributed by atoms with Gasteiger partial charge in [0.15, 0.2) is 0 Å². The van der Waals surface area contributed by atoms with E-state index >= 15 is 0 Å². The number of aryl methyl sites for hydroxylation is 1. The zero-order valence-electron chi connectivity index (χ0n) is 9.49. The third-order valence-electron chi connectivity index (χ3n) is 3.30. The van der Waals surface area contributed by atoms with Crippen molar-refractivity contribution in [2.45, 2.75) is 18.9 Å². The highest BCUT2D eigenvalue weighted by molar-refractivity contribution is 9.10. The van der Waals surface area contributed by atoms with Gasteiger partial charge in [0.05, 0.1) is 6.04 Å². The number of halogens is 1. The Hall–Kier alpha value is -1.28. The Balaban J connectivity index is 1.89. The molecule has 0 radical (unpaired) electrons. The number of benzene rings is 2. The number of rotatable bonds is 1. The predicted molar refractivity (Wildman–Crippen MR) is 75.3 cm³/mol. The van der Waals surface area contributed by atoms with Crippen molar-refractivity contribution in [1.29, 1.82) is 0 Å². The number of para-hydroxylation sites is 1. The van der Waals surface area contributed by atoms with Crippen LogP contribution in [0.15, 0.2) is 53.0 Å². The number of anilines is 1. The molecule has 0 saturated carbocycles. The molecule has 2 aromatic carbocycles. The van der Waals surface area contributed by atoms with Crippen molar-refractivity contribution in [2.75, 3.05) is 5.32 Å². The first-order valence-electron chi connectivity index (χ1n) is 5.93. The maximum Gasteiger partial charge on any atom is 0.0517 e. The third kappa shape index (κ3) is 2.22. The molecular weight excluding hydrogens is 274 g/mol. The molecule has 0 unspecified atom stereocenters. The van der Waals surface area contributed by atoms with Crippen LogP contribution in [0.4, 0.5) is 5.69 Å². The highest BCUT2D eigenvalue weighted by Crippen LogP contribution is 2.32. The smallest absolute Gasteiger partial charge is 0.0517 e. The summed E-state index contributed by atoms with van der Waals surface area (Å²) in [4.78, 5) is 0. The fourth-order valence-corrected chi connectivity index (χ4v) is 2.83. The summed E-state index contributed by atoms with van der Waals surface area (Å²) in [5.41, 5.74) is 4.07. The second-order valence-electron chi connectivity index (χ2n) is 4.45. The van der Waals surface area contributed by atoms with Crippen molar-refractivity contribution in [3.63, 3.8) is 0 Å². The van der Waals surface area contributed by atoms with E-state index in [4.69, 9.17) is 0 Å². The first kappa shape index (κ1) is 10.8. The van der Waals surface area contributed by atoms with Crippen LogP contribution in [-0.4, -0.2) is 0 Å². The molecule has 0 aliphatic carbocycles. The van der Waals surface area contributed by atoms with E-state index in [0.29, 0.717) is 6.04 Å². The quantitative estimate of drug-likeness (QED) is 0.811. The third-order valence-corrected chi connectivity index (χ3v) is 3.79. The molecule has 0 aromatic heterocycles. The van der Waals surface area contributed by atoms with Crippen LogP contribution in [-0.2, 0) is 6.42 Å². The summed E-state index contributed by atoms with van der Waals surface area (Å²) >= 11 is 3.53. The van der Waals surface area contributed by atoms with Gasteiger partial charge in [-0.1, -0.05) is 46.3 Å². The lowest BCUT2D eigenvalue weighted by Crippen LogP contribution is -2.17. The second-order valence-corrected chi connectivity index (χ2v) is 5.36. The van der Waals surface area contributed by atoms with E-state index in [1.807, 2.05) is 0 Å². The van der Waals surface area contributed by atoms with Crippen molar-refractivity contribution in [3.05, 3.63) is 64.1 Å². The molecule has 0 fully saturated rings. The zero-order chi connectivity index (χ0) is 11.7. The van der Waals surface area contributed by atoms with Gasteiger partial charge in [-0.25, -0.2) is 0 Å². The fraction of sp³-hybridized carbons (Fsp3) is 0.200. The molecule has 3 rings (SSSR count). The molecule has 0 spiro atoms. The Morgan fingerprint density at radius 2 is 1.94 bits per heavy atom. The van der Waals surface area contributed by atoms with Gasteiger partial charge in [-0.05, 0) is 42.2 Å². The Morgan fingerprint density at radius 3 is 2.82 bits per heavy atom. The van der Waals surface area contributed by atoms with Crippen LogP contribution in [0.5, 0.6) is 0 Å². The minimum Gasteiger partial charge on any atom is -0.378 e. The second kappa shape index (κ2) is 4.53. The Kier molecular flexibility index (Phi) is 2.89. The molecular formula is C15H14BrN. The van der Waals surface area contributed by atoms with E-state index in [1.54, 1.807) is 0 Å². The van der Waals surface area contributed by atoms with Crippen LogP contribution in [0.25, 0.3) is 0 Å². The predicted octanol–water partition coefficient (Wildman–Crippen LogP) is 4.55. The van der Waals surface area contributed by atoms with E-state index in [0.717, 1.165) is 17.3 Å². The van der Waals surface area contributed by atoms with Gasteiger partial charge in [-0.3, -0.25) is 0 Å². The molecule has 1 heterocycles. The van der Waals surface area contributed by atoms with E-state index in [-0.39, 0.29) is 0 Å². The standard InChI is InChI=1S/C15H14BrN/c16-13-6-3-5-12(10-13)15-9-8-11-4-1-2-7-14(11)17-15/h1-7,10,15,17H,8-9H2/t15-/m0/s1. The number of fused-ring (bicyclic) bond motifs is 1. The van der Waals surface area contributed by atoms with Gasteiger partial charge < -0.3 is 5.32 Å². The summed E-state index contributed by atoms with van der Waals surface area (Å²) in [6.45, 7) is 0. The molecule has 1 aliphatic rings. The summed E-state index contributed by atoms with van der Waals surface area (Å²) in [5.74, 6) is 0. The molecule has 1 aliphatic heterocycles. The summed E-state index contributed by atoms with van der Waals surface area (Å²) in [6.07, 6.45) is 2.31. The maximum atomic E-state index is 3.62. The number of hydrogen-bond donors (Lipinski definition) is 1. The van der Waals surface area contributed by atoms with Crippen molar-refractivity contribution >= 4 is 21.6 Å². The SMILES string of the molecule is Brc1cccc([C@@H]2CCc3ccccc3N2)c1. The van der Waals surface area contributed by atoms with Crippen molar-refractivity contribution < 1.29 is 0 Å². The average molecular weight is 288 g/mol. The maximum absolute atomic E-state index is 3.62. The number of hydrogen-bond acceptors (Lipinski definition) is 1. The highest BCUT2D eigenvalue weighted by atomic mass is 79.9. The Morgan fingerprint density at radius 1 is 1.06 bits per heavy atom. The van der Waals surface area contributed by atoms with Crippen molar-refractivity contribution in [3.8, 4) is 0 Å². The molecule has 2 aromatic rings. The molecule has 86 valence electrons. The van der Waals surface area contributed by atoms with Gasteiger partial charge >= 0.3 is 0 Å². The van der Waals surface area contributed by atoms with Crippen molar-refractivity contribution in [2.24, 2.45) is 0 Å². The summed E-state index contributed by atoms with van der Waals surface area (Å²) in [6, 6.07) is 17.6. The number of nitrogens with one attached hydrogen (secondary N) is 1. The van der Waals surface area contributed by atoms with Gasteiger partial charge in [0.1, 0.15) is 0 Å². The highest BCUT2D eigenvalue weighted by Gasteiger charge is 2.18. The molecule has 2 heteroatoms. The zero-order valence-corrected chi connectivity index (χ0v) is 11.1. The van der Waals surface area contributed by atoms with E-state index in [1.165, 1.54) is 16.8 Å². The summed E-state index contributed by atoms with van der Waals surface area (Å²) < 4.78 is 1.15. The molecule has 0 saturated heterocycles. The van der Waals surface area contributed by atoms with Crippen LogP contribution in [0.3, 0.4) is 0 Å². The fourth-order valence-electron chi connectivity index (χ4n) is 2.41. The minimum atomic E-state index is 0.433. The van der Waals surface area contributed by atoms with E-state index < -0.39 is 0 Å². The van der Waals surface area contributed by atoms with Crippen LogP contribution >= 0.6 is 15.9 Å². The van der Waals surface area contributed by atoms with Gasteiger partial charge in [-0.2, -0.15) is 0 Å².